The number of aromatic nitrogens is 2. The van der Waals surface area contributed by atoms with Crippen LogP contribution in [0.2, 0.25) is 0 Å². The molecule has 5 rings (SSSR count). The lowest BCUT2D eigenvalue weighted by Gasteiger charge is -2.06. The Balaban J connectivity index is 1.44. The van der Waals surface area contributed by atoms with Crippen LogP contribution in [0.15, 0.2) is 94.5 Å². The van der Waals surface area contributed by atoms with Crippen LogP contribution in [-0.4, -0.2) is 9.38 Å². The van der Waals surface area contributed by atoms with E-state index in [1.54, 1.807) is 4.40 Å². The van der Waals surface area contributed by atoms with Crippen LogP contribution in [0.5, 0.6) is 5.75 Å². The maximum atomic E-state index is 13.2. The molecule has 0 fully saturated rings. The number of aryl methyl sites for hydroxylation is 1. The first-order valence-corrected chi connectivity index (χ1v) is 11.8. The molecule has 5 nitrogen and oxygen atoms in total. The fourth-order valence-corrected chi connectivity index (χ4v) is 4.85. The van der Waals surface area contributed by atoms with Gasteiger partial charge in [0.2, 0.25) is 4.96 Å². The van der Waals surface area contributed by atoms with E-state index in [0.717, 1.165) is 22.4 Å². The van der Waals surface area contributed by atoms with Crippen molar-refractivity contribution in [3.63, 3.8) is 0 Å². The van der Waals surface area contributed by atoms with E-state index in [-0.39, 0.29) is 11.1 Å². The number of ether oxygens (including phenoxy) is 1. The van der Waals surface area contributed by atoms with Crippen molar-refractivity contribution in [2.75, 3.05) is 0 Å². The molecule has 0 amide bonds. The van der Waals surface area contributed by atoms with Crippen molar-refractivity contribution < 1.29 is 4.74 Å². The van der Waals surface area contributed by atoms with Gasteiger partial charge in [-0.05, 0) is 41.8 Å². The van der Waals surface area contributed by atoms with Crippen molar-refractivity contribution in [2.24, 2.45) is 0 Å². The highest BCUT2D eigenvalue weighted by molar-refractivity contribution is 7.15. The van der Waals surface area contributed by atoms with Crippen molar-refractivity contribution in [3.05, 3.63) is 138 Å². The summed E-state index contributed by atoms with van der Waals surface area (Å²) in [5.41, 5.74) is 3.73. The molecule has 6 heteroatoms. The topological polar surface area (TPSA) is 60.7 Å². The van der Waals surface area contributed by atoms with Crippen LogP contribution in [0.4, 0.5) is 0 Å². The van der Waals surface area contributed by atoms with Crippen LogP contribution in [0, 0.1) is 6.92 Å². The molecule has 0 spiro atoms. The van der Waals surface area contributed by atoms with Crippen molar-refractivity contribution in [2.45, 2.75) is 20.0 Å². The Labute approximate surface area is 200 Å². The largest absolute Gasteiger partial charge is 0.489 e. The predicted octanol–water partition coefficient (Wildman–Crippen LogP) is 4.14. The van der Waals surface area contributed by atoms with Crippen molar-refractivity contribution in [1.82, 2.24) is 9.38 Å². The number of thiazole rings is 1. The van der Waals surface area contributed by atoms with Gasteiger partial charge in [0.15, 0.2) is 0 Å². The fourth-order valence-electron chi connectivity index (χ4n) is 3.84. The second-order valence-corrected chi connectivity index (χ2v) is 9.03. The molecule has 168 valence electrons. The lowest BCUT2D eigenvalue weighted by atomic mass is 10.1. The number of fused-ring (bicyclic) bond motifs is 1. The van der Waals surface area contributed by atoms with Gasteiger partial charge in [0.25, 0.3) is 11.1 Å². The van der Waals surface area contributed by atoms with E-state index in [1.165, 1.54) is 11.3 Å². The molecule has 2 heterocycles. The van der Waals surface area contributed by atoms with Gasteiger partial charge < -0.3 is 4.74 Å². The molecule has 0 saturated carbocycles. The monoisotopic (exact) mass is 466 g/mol. The standard InChI is InChI=1S/C28H22N2O3S/c1-19-24(16-20-8-4-2-5-9-20)26(31)29-28-30(19)27(32)25(34-28)17-21-12-14-23(15-13-21)33-18-22-10-6-3-7-11-22/h2-15,17H,16,18H2,1H3/b25-17-. The van der Waals surface area contributed by atoms with Crippen LogP contribution >= 0.6 is 11.3 Å². The minimum atomic E-state index is -0.283. The zero-order chi connectivity index (χ0) is 23.5. The molecule has 0 saturated heterocycles. The molecule has 0 atom stereocenters. The SMILES string of the molecule is Cc1c(Cc2ccccc2)c(=O)nc2s/c(=C\c3ccc(OCc4ccccc4)cc3)c(=O)n12. The third-order valence-electron chi connectivity index (χ3n) is 5.68. The summed E-state index contributed by atoms with van der Waals surface area (Å²) >= 11 is 1.23. The predicted molar refractivity (Wildman–Crippen MR) is 136 cm³/mol. The minimum Gasteiger partial charge on any atom is -0.489 e. The van der Waals surface area contributed by atoms with Gasteiger partial charge >= 0.3 is 0 Å². The number of hydrogen-bond acceptors (Lipinski definition) is 5. The van der Waals surface area contributed by atoms with Crippen LogP contribution in [0.3, 0.4) is 0 Å². The lowest BCUT2D eigenvalue weighted by molar-refractivity contribution is 0.306. The van der Waals surface area contributed by atoms with Gasteiger partial charge in [0.05, 0.1) is 4.53 Å². The van der Waals surface area contributed by atoms with E-state index in [2.05, 4.69) is 4.98 Å². The third kappa shape index (κ3) is 4.54. The van der Waals surface area contributed by atoms with E-state index in [1.807, 2.05) is 97.9 Å². The smallest absolute Gasteiger partial charge is 0.277 e. The number of nitrogens with zero attached hydrogens (tertiary/aromatic N) is 2. The van der Waals surface area contributed by atoms with Gasteiger partial charge in [-0.2, -0.15) is 4.98 Å². The Morgan fingerprint density at radius 3 is 2.21 bits per heavy atom. The Morgan fingerprint density at radius 2 is 1.53 bits per heavy atom. The molecule has 0 bridgehead atoms. The number of hydrogen-bond donors (Lipinski definition) is 0. The van der Waals surface area contributed by atoms with E-state index in [4.69, 9.17) is 4.74 Å². The molecule has 0 aliphatic rings. The molecule has 0 radical (unpaired) electrons. The summed E-state index contributed by atoms with van der Waals surface area (Å²) in [5, 5.41) is 0. The summed E-state index contributed by atoms with van der Waals surface area (Å²) in [5.74, 6) is 0.758. The summed E-state index contributed by atoms with van der Waals surface area (Å²) in [4.78, 5) is 30.5. The molecular formula is C28H22N2O3S. The number of benzene rings is 3. The summed E-state index contributed by atoms with van der Waals surface area (Å²) < 4.78 is 7.92. The van der Waals surface area contributed by atoms with Crippen LogP contribution in [0.1, 0.15) is 27.9 Å². The zero-order valence-electron chi connectivity index (χ0n) is 18.6. The van der Waals surface area contributed by atoms with Crippen molar-refractivity contribution >= 4 is 22.4 Å². The molecule has 0 aliphatic heterocycles. The Bertz CT molecular complexity index is 1610. The molecule has 2 aromatic heterocycles. The summed E-state index contributed by atoms with van der Waals surface area (Å²) in [6.07, 6.45) is 2.27. The van der Waals surface area contributed by atoms with Crippen molar-refractivity contribution in [1.29, 1.82) is 0 Å². The summed E-state index contributed by atoms with van der Waals surface area (Å²) in [6.45, 7) is 2.31. The maximum Gasteiger partial charge on any atom is 0.277 e. The molecular weight excluding hydrogens is 444 g/mol. The summed E-state index contributed by atoms with van der Waals surface area (Å²) in [7, 11) is 0. The molecule has 0 N–H and O–H groups in total. The Morgan fingerprint density at radius 1 is 0.882 bits per heavy atom. The first-order chi connectivity index (χ1) is 16.6. The highest BCUT2D eigenvalue weighted by Gasteiger charge is 2.14. The second kappa shape index (κ2) is 9.45. The Hall–Kier alpha value is -4.03. The molecule has 0 aliphatic carbocycles. The van der Waals surface area contributed by atoms with E-state index >= 15 is 0 Å². The third-order valence-corrected chi connectivity index (χ3v) is 6.65. The highest BCUT2D eigenvalue weighted by atomic mass is 32.1. The van der Waals surface area contributed by atoms with Gasteiger partial charge in [-0.25, -0.2) is 0 Å². The molecule has 0 unspecified atom stereocenters. The lowest BCUT2D eigenvalue weighted by Crippen LogP contribution is -2.27. The fraction of sp³-hybridized carbons (Fsp3) is 0.107. The molecule has 34 heavy (non-hydrogen) atoms. The molecule has 5 aromatic rings. The normalized spacial score (nSPS) is 11.7. The minimum absolute atomic E-state index is 0.163. The number of rotatable bonds is 6. The van der Waals surface area contributed by atoms with E-state index < -0.39 is 0 Å². The zero-order valence-corrected chi connectivity index (χ0v) is 19.4. The highest BCUT2D eigenvalue weighted by Crippen LogP contribution is 2.15. The van der Waals surface area contributed by atoms with E-state index in [0.29, 0.717) is 33.8 Å². The second-order valence-electron chi connectivity index (χ2n) is 8.02. The van der Waals surface area contributed by atoms with Crippen molar-refractivity contribution in [3.8, 4) is 5.75 Å². The molecule has 3 aromatic carbocycles. The van der Waals surface area contributed by atoms with Crippen LogP contribution in [-0.2, 0) is 13.0 Å². The van der Waals surface area contributed by atoms with Crippen LogP contribution < -0.4 is 20.4 Å². The van der Waals surface area contributed by atoms with Gasteiger partial charge in [-0.1, -0.05) is 84.1 Å². The average Bonchev–Trinajstić information content (AvgIpc) is 3.17. The van der Waals surface area contributed by atoms with E-state index in [9.17, 15) is 9.59 Å². The van der Waals surface area contributed by atoms with Crippen LogP contribution in [0.25, 0.3) is 11.0 Å². The maximum absolute atomic E-state index is 13.2. The van der Waals surface area contributed by atoms with Gasteiger partial charge in [0.1, 0.15) is 12.4 Å². The van der Waals surface area contributed by atoms with Gasteiger partial charge in [-0.15, -0.1) is 0 Å². The van der Waals surface area contributed by atoms with Gasteiger partial charge in [-0.3, -0.25) is 14.0 Å². The quantitative estimate of drug-likeness (QED) is 0.377. The average molecular weight is 467 g/mol. The van der Waals surface area contributed by atoms with Gasteiger partial charge in [0, 0.05) is 17.7 Å². The summed E-state index contributed by atoms with van der Waals surface area (Å²) in [6, 6.07) is 27.3. The first kappa shape index (κ1) is 21.8. The Kier molecular flexibility index (Phi) is 6.06. The first-order valence-electron chi connectivity index (χ1n) is 11.0.